The molecule has 3 rings (SSSR count). The van der Waals surface area contributed by atoms with Gasteiger partial charge in [-0.2, -0.15) is 0 Å². The Kier molecular flexibility index (Phi) is 2.79. The second-order valence-corrected chi connectivity index (χ2v) is 3.88. The SMILES string of the molecule is CCC(=O)Nc1nnc(-c2ccc3c(c2)OCO3)o1. The van der Waals surface area contributed by atoms with Crippen molar-refractivity contribution in [1.29, 1.82) is 0 Å². The maximum absolute atomic E-state index is 11.2. The summed E-state index contributed by atoms with van der Waals surface area (Å²) in [4.78, 5) is 11.2. The van der Waals surface area contributed by atoms with E-state index in [1.807, 2.05) is 0 Å². The molecule has 0 saturated heterocycles. The number of nitrogens with one attached hydrogen (secondary N) is 1. The van der Waals surface area contributed by atoms with Gasteiger partial charge in [-0.15, -0.1) is 5.10 Å². The molecule has 98 valence electrons. The van der Waals surface area contributed by atoms with Gasteiger partial charge in [0.25, 0.3) is 0 Å². The number of fused-ring (bicyclic) bond motifs is 1. The third-order valence-corrected chi connectivity index (χ3v) is 2.61. The Hall–Kier alpha value is -2.57. The lowest BCUT2D eigenvalue weighted by Crippen LogP contribution is -2.09. The fourth-order valence-electron chi connectivity index (χ4n) is 1.63. The van der Waals surface area contributed by atoms with E-state index < -0.39 is 0 Å². The van der Waals surface area contributed by atoms with Gasteiger partial charge in [0.15, 0.2) is 11.5 Å². The Morgan fingerprint density at radius 1 is 1.32 bits per heavy atom. The standard InChI is InChI=1S/C12H11N3O4/c1-2-10(16)13-12-15-14-11(19-12)7-3-4-8-9(5-7)18-6-17-8/h3-5H,2,6H2,1H3,(H,13,15,16). The molecule has 0 aliphatic carbocycles. The average Bonchev–Trinajstić information content (AvgIpc) is 3.05. The van der Waals surface area contributed by atoms with Crippen molar-refractivity contribution in [2.24, 2.45) is 0 Å². The molecule has 1 aromatic carbocycles. The van der Waals surface area contributed by atoms with Gasteiger partial charge in [-0.05, 0) is 18.2 Å². The monoisotopic (exact) mass is 261 g/mol. The number of benzene rings is 1. The minimum absolute atomic E-state index is 0.0829. The van der Waals surface area contributed by atoms with Gasteiger partial charge in [0.1, 0.15) is 0 Å². The fourth-order valence-corrected chi connectivity index (χ4v) is 1.63. The molecule has 1 aliphatic heterocycles. The lowest BCUT2D eigenvalue weighted by Gasteiger charge is -1.98. The van der Waals surface area contributed by atoms with E-state index >= 15 is 0 Å². The number of carbonyl (C=O) groups excluding carboxylic acids is 1. The van der Waals surface area contributed by atoms with Crippen LogP contribution in [0.5, 0.6) is 11.5 Å². The largest absolute Gasteiger partial charge is 0.454 e. The van der Waals surface area contributed by atoms with Crippen molar-refractivity contribution in [3.05, 3.63) is 18.2 Å². The van der Waals surface area contributed by atoms with E-state index in [-0.39, 0.29) is 18.7 Å². The van der Waals surface area contributed by atoms with Crippen LogP contribution in [-0.2, 0) is 4.79 Å². The molecule has 0 radical (unpaired) electrons. The highest BCUT2D eigenvalue weighted by Gasteiger charge is 2.17. The molecule has 7 heteroatoms. The van der Waals surface area contributed by atoms with Gasteiger partial charge in [0, 0.05) is 12.0 Å². The smallest absolute Gasteiger partial charge is 0.322 e. The molecule has 1 N–H and O–H groups in total. The molecule has 0 fully saturated rings. The van der Waals surface area contributed by atoms with Gasteiger partial charge in [0.2, 0.25) is 18.6 Å². The Balaban J connectivity index is 1.84. The summed E-state index contributed by atoms with van der Waals surface area (Å²) in [5.41, 5.74) is 0.703. The first-order valence-corrected chi connectivity index (χ1v) is 5.79. The summed E-state index contributed by atoms with van der Waals surface area (Å²) in [5, 5.41) is 10.1. The number of rotatable bonds is 3. The predicted molar refractivity (Wildman–Crippen MR) is 64.8 cm³/mol. The number of ether oxygens (including phenoxy) is 2. The van der Waals surface area contributed by atoms with E-state index in [0.29, 0.717) is 29.4 Å². The minimum Gasteiger partial charge on any atom is -0.454 e. The normalized spacial score (nSPS) is 12.5. The van der Waals surface area contributed by atoms with Crippen LogP contribution >= 0.6 is 0 Å². The number of hydrogen-bond acceptors (Lipinski definition) is 6. The van der Waals surface area contributed by atoms with Crippen LogP contribution in [0, 0.1) is 0 Å². The average molecular weight is 261 g/mol. The van der Waals surface area contributed by atoms with Crippen LogP contribution in [0.2, 0.25) is 0 Å². The van der Waals surface area contributed by atoms with Crippen molar-refractivity contribution in [3.63, 3.8) is 0 Å². The highest BCUT2D eigenvalue weighted by Crippen LogP contribution is 2.35. The summed E-state index contributed by atoms with van der Waals surface area (Å²) < 4.78 is 15.8. The van der Waals surface area contributed by atoms with E-state index in [1.54, 1.807) is 25.1 Å². The molecule has 0 bridgehead atoms. The van der Waals surface area contributed by atoms with Crippen LogP contribution in [0.3, 0.4) is 0 Å². The van der Waals surface area contributed by atoms with E-state index in [9.17, 15) is 4.79 Å². The first-order chi connectivity index (χ1) is 9.26. The quantitative estimate of drug-likeness (QED) is 0.906. The number of aromatic nitrogens is 2. The van der Waals surface area contributed by atoms with E-state index in [1.165, 1.54) is 0 Å². The molecule has 0 unspecified atom stereocenters. The molecule has 1 aromatic heterocycles. The molecule has 1 amide bonds. The highest BCUT2D eigenvalue weighted by molar-refractivity contribution is 5.88. The second-order valence-electron chi connectivity index (χ2n) is 3.88. The van der Waals surface area contributed by atoms with E-state index in [2.05, 4.69) is 15.5 Å². The van der Waals surface area contributed by atoms with Crippen molar-refractivity contribution < 1.29 is 18.7 Å². The Morgan fingerprint density at radius 2 is 2.16 bits per heavy atom. The van der Waals surface area contributed by atoms with Gasteiger partial charge in [-0.3, -0.25) is 10.1 Å². The van der Waals surface area contributed by atoms with Crippen molar-refractivity contribution in [2.45, 2.75) is 13.3 Å². The fraction of sp³-hybridized carbons (Fsp3) is 0.250. The summed E-state index contributed by atoms with van der Waals surface area (Å²) >= 11 is 0. The topological polar surface area (TPSA) is 86.5 Å². The molecule has 19 heavy (non-hydrogen) atoms. The third-order valence-electron chi connectivity index (χ3n) is 2.61. The molecule has 0 spiro atoms. The number of carbonyl (C=O) groups is 1. The molecule has 2 heterocycles. The van der Waals surface area contributed by atoms with Gasteiger partial charge in [0.05, 0.1) is 0 Å². The van der Waals surface area contributed by atoms with Crippen molar-refractivity contribution >= 4 is 11.9 Å². The zero-order valence-corrected chi connectivity index (χ0v) is 10.2. The highest BCUT2D eigenvalue weighted by atomic mass is 16.7. The van der Waals surface area contributed by atoms with Gasteiger partial charge in [-0.1, -0.05) is 12.0 Å². The summed E-state index contributed by atoms with van der Waals surface area (Å²) in [7, 11) is 0. The Morgan fingerprint density at radius 3 is 3.00 bits per heavy atom. The summed E-state index contributed by atoms with van der Waals surface area (Å²) in [6.45, 7) is 1.95. The molecule has 0 atom stereocenters. The van der Waals surface area contributed by atoms with Crippen LogP contribution < -0.4 is 14.8 Å². The maximum Gasteiger partial charge on any atom is 0.322 e. The van der Waals surface area contributed by atoms with Crippen LogP contribution in [0.1, 0.15) is 13.3 Å². The molecule has 0 saturated carbocycles. The zero-order chi connectivity index (χ0) is 13.2. The van der Waals surface area contributed by atoms with Crippen LogP contribution in [0.25, 0.3) is 11.5 Å². The Bertz CT molecular complexity index is 623. The summed E-state index contributed by atoms with van der Waals surface area (Å²) in [5.74, 6) is 1.45. The lowest BCUT2D eigenvalue weighted by atomic mass is 10.2. The van der Waals surface area contributed by atoms with Gasteiger partial charge >= 0.3 is 6.01 Å². The number of amides is 1. The summed E-state index contributed by atoms with van der Waals surface area (Å²) in [6.07, 6.45) is 0.349. The summed E-state index contributed by atoms with van der Waals surface area (Å²) in [6, 6.07) is 5.39. The molecule has 2 aromatic rings. The third kappa shape index (κ3) is 2.22. The van der Waals surface area contributed by atoms with Gasteiger partial charge < -0.3 is 13.9 Å². The number of anilines is 1. The number of nitrogens with zero attached hydrogens (tertiary/aromatic N) is 2. The molecular weight excluding hydrogens is 250 g/mol. The Labute approximate surface area is 108 Å². The zero-order valence-electron chi connectivity index (χ0n) is 10.2. The lowest BCUT2D eigenvalue weighted by molar-refractivity contribution is -0.116. The second kappa shape index (κ2) is 4.60. The van der Waals surface area contributed by atoms with Crippen molar-refractivity contribution in [3.8, 4) is 23.0 Å². The van der Waals surface area contributed by atoms with Crippen molar-refractivity contribution in [2.75, 3.05) is 12.1 Å². The molecular formula is C12H11N3O4. The first kappa shape index (κ1) is 11.5. The maximum atomic E-state index is 11.2. The molecule has 1 aliphatic rings. The van der Waals surface area contributed by atoms with Crippen molar-refractivity contribution in [1.82, 2.24) is 10.2 Å². The van der Waals surface area contributed by atoms with E-state index in [4.69, 9.17) is 13.9 Å². The first-order valence-electron chi connectivity index (χ1n) is 5.79. The van der Waals surface area contributed by atoms with Crippen LogP contribution in [0.4, 0.5) is 6.01 Å². The van der Waals surface area contributed by atoms with Gasteiger partial charge in [-0.25, -0.2) is 0 Å². The van der Waals surface area contributed by atoms with E-state index in [0.717, 1.165) is 0 Å². The number of hydrogen-bond donors (Lipinski definition) is 1. The van der Waals surface area contributed by atoms with Crippen LogP contribution in [-0.4, -0.2) is 22.9 Å². The molecule has 7 nitrogen and oxygen atoms in total. The predicted octanol–water partition coefficient (Wildman–Crippen LogP) is 1.81. The van der Waals surface area contributed by atoms with Crippen LogP contribution in [0.15, 0.2) is 22.6 Å². The minimum atomic E-state index is -0.180.